The van der Waals surface area contributed by atoms with Gasteiger partial charge in [0.2, 0.25) is 0 Å². The highest BCUT2D eigenvalue weighted by Gasteiger charge is 2.39. The third-order valence-electron chi connectivity index (χ3n) is 12.7. The maximum Gasteiger partial charge on any atom is 0.0159 e. The Bertz CT molecular complexity index is 2210. The van der Waals surface area contributed by atoms with E-state index in [1.807, 2.05) is 0 Å². The van der Waals surface area contributed by atoms with Gasteiger partial charge >= 0.3 is 0 Å². The fraction of sp³-hybridized carbons (Fsp3) is 0.265. The van der Waals surface area contributed by atoms with Gasteiger partial charge in [-0.25, -0.2) is 0 Å². The van der Waals surface area contributed by atoms with Crippen LogP contribution in [0.3, 0.4) is 0 Å². The average Bonchev–Trinajstić information content (AvgIpc) is 3.59. The lowest BCUT2D eigenvalue weighted by atomic mass is 9.78. The van der Waals surface area contributed by atoms with Crippen LogP contribution < -0.4 is 0 Å². The molecule has 6 aromatic rings. The largest absolute Gasteiger partial charge is 0.0619 e. The summed E-state index contributed by atoms with van der Waals surface area (Å²) in [5.41, 5.74) is 25.2. The van der Waals surface area contributed by atoms with Crippen molar-refractivity contribution in [1.29, 1.82) is 0 Å². The molecule has 0 unspecified atom stereocenters. The molecular formula is C49H46. The number of aryl methyl sites for hydroxylation is 2. The van der Waals surface area contributed by atoms with E-state index in [0.29, 0.717) is 0 Å². The smallest absolute Gasteiger partial charge is 0.0159 e. The summed E-state index contributed by atoms with van der Waals surface area (Å²) in [5.74, 6) is 0. The van der Waals surface area contributed by atoms with Gasteiger partial charge in [-0.15, -0.1) is 0 Å². The molecule has 0 heteroatoms. The van der Waals surface area contributed by atoms with E-state index >= 15 is 0 Å². The summed E-state index contributed by atoms with van der Waals surface area (Å²) in [6.07, 6.45) is 2.01. The van der Waals surface area contributed by atoms with Crippen LogP contribution in [0.5, 0.6) is 0 Å². The molecule has 0 heterocycles. The van der Waals surface area contributed by atoms with Gasteiger partial charge in [-0.05, 0) is 137 Å². The van der Waals surface area contributed by atoms with Crippen molar-refractivity contribution < 1.29 is 0 Å². The molecule has 0 aliphatic heterocycles. The first-order valence-electron chi connectivity index (χ1n) is 18.3. The molecule has 0 saturated carbocycles. The van der Waals surface area contributed by atoms with Crippen molar-refractivity contribution in [1.82, 2.24) is 0 Å². The van der Waals surface area contributed by atoms with Crippen molar-refractivity contribution in [2.75, 3.05) is 0 Å². The lowest BCUT2D eigenvalue weighted by Crippen LogP contribution is -2.16. The highest BCUT2D eigenvalue weighted by atomic mass is 14.4. The lowest BCUT2D eigenvalue weighted by Gasteiger charge is -2.25. The third kappa shape index (κ3) is 4.04. The summed E-state index contributed by atoms with van der Waals surface area (Å²) < 4.78 is 0. The highest BCUT2D eigenvalue weighted by Crippen LogP contribution is 2.55. The van der Waals surface area contributed by atoms with E-state index in [0.717, 1.165) is 12.8 Å². The van der Waals surface area contributed by atoms with E-state index in [1.165, 1.54) is 100 Å². The van der Waals surface area contributed by atoms with Gasteiger partial charge in [-0.2, -0.15) is 0 Å². The third-order valence-corrected chi connectivity index (χ3v) is 12.7. The standard InChI is InChI=1S/C49H46/c1-9-29-23-39-40-24-30(10-2)38(32-20-22-36-34-16-12-14-18-42(34)48(5,6)44(36)26-32)28-46(40)49(7,8)45(39)27-37(29)31-19-21-35-33-15-11-13-17-41(33)47(3,4)43(35)25-31/h11-28H,9-10H2,1-8H3. The van der Waals surface area contributed by atoms with Crippen LogP contribution in [0.25, 0.3) is 55.6 Å². The van der Waals surface area contributed by atoms with Gasteiger partial charge in [-0.1, -0.05) is 140 Å². The zero-order chi connectivity index (χ0) is 34.0. The number of rotatable bonds is 4. The van der Waals surface area contributed by atoms with Gasteiger partial charge in [0.1, 0.15) is 0 Å². The summed E-state index contributed by atoms with van der Waals surface area (Å²) in [7, 11) is 0. The van der Waals surface area contributed by atoms with E-state index in [9.17, 15) is 0 Å². The van der Waals surface area contributed by atoms with Crippen molar-refractivity contribution in [3.05, 3.63) is 154 Å². The van der Waals surface area contributed by atoms with E-state index in [1.54, 1.807) is 0 Å². The molecule has 0 fully saturated rings. The first-order chi connectivity index (χ1) is 23.5. The molecule has 9 rings (SSSR count). The average molecular weight is 635 g/mol. The second kappa shape index (κ2) is 10.2. The Morgan fingerprint density at radius 3 is 1.08 bits per heavy atom. The minimum Gasteiger partial charge on any atom is -0.0619 e. The van der Waals surface area contributed by atoms with E-state index < -0.39 is 0 Å². The number of fused-ring (bicyclic) bond motifs is 9. The minimum absolute atomic E-state index is 0.0108. The maximum absolute atomic E-state index is 2.55. The van der Waals surface area contributed by atoms with Crippen molar-refractivity contribution in [3.8, 4) is 55.6 Å². The van der Waals surface area contributed by atoms with Gasteiger partial charge in [0.05, 0.1) is 0 Å². The van der Waals surface area contributed by atoms with Gasteiger partial charge in [0.15, 0.2) is 0 Å². The van der Waals surface area contributed by atoms with Crippen molar-refractivity contribution in [3.63, 3.8) is 0 Å². The maximum atomic E-state index is 2.55. The summed E-state index contributed by atoms with van der Waals surface area (Å²) in [6, 6.07) is 42.5. The normalized spacial score (nSPS) is 16.4. The summed E-state index contributed by atoms with van der Waals surface area (Å²) in [6.45, 7) is 19.0. The molecule has 0 atom stereocenters. The van der Waals surface area contributed by atoms with Crippen LogP contribution in [0.15, 0.2) is 109 Å². The fourth-order valence-corrected chi connectivity index (χ4v) is 9.78. The first-order valence-corrected chi connectivity index (χ1v) is 18.3. The Morgan fingerprint density at radius 1 is 0.327 bits per heavy atom. The monoisotopic (exact) mass is 634 g/mol. The van der Waals surface area contributed by atoms with Crippen molar-refractivity contribution in [2.45, 2.75) is 84.5 Å². The number of hydrogen-bond acceptors (Lipinski definition) is 0. The van der Waals surface area contributed by atoms with Gasteiger partial charge < -0.3 is 0 Å². The molecular weight excluding hydrogens is 589 g/mol. The molecule has 49 heavy (non-hydrogen) atoms. The van der Waals surface area contributed by atoms with Gasteiger partial charge in [0, 0.05) is 16.2 Å². The molecule has 0 saturated heterocycles. The fourth-order valence-electron chi connectivity index (χ4n) is 9.78. The van der Waals surface area contributed by atoms with Crippen LogP contribution in [-0.2, 0) is 29.1 Å². The Kier molecular flexibility index (Phi) is 6.31. The Morgan fingerprint density at radius 2 is 0.673 bits per heavy atom. The minimum atomic E-state index is -0.106. The van der Waals surface area contributed by atoms with E-state index in [4.69, 9.17) is 0 Å². The number of hydrogen-bond donors (Lipinski definition) is 0. The zero-order valence-corrected chi connectivity index (χ0v) is 30.3. The van der Waals surface area contributed by atoms with Crippen LogP contribution in [0.2, 0.25) is 0 Å². The highest BCUT2D eigenvalue weighted by molar-refractivity contribution is 5.91. The molecule has 0 amide bonds. The molecule has 0 aromatic heterocycles. The van der Waals surface area contributed by atoms with Crippen LogP contribution in [-0.4, -0.2) is 0 Å². The van der Waals surface area contributed by atoms with Gasteiger partial charge in [-0.3, -0.25) is 0 Å². The SMILES string of the molecule is CCc1cc2c(cc1-c1ccc3c(c1)C(C)(C)c1ccccc1-3)C(C)(C)c1cc(-c3ccc4c(c3)C(C)(C)c3ccccc3-4)c(CC)cc1-2. The second-order valence-corrected chi connectivity index (χ2v) is 16.3. The first kappa shape index (κ1) is 30.4. The molecule has 0 bridgehead atoms. The molecule has 242 valence electrons. The zero-order valence-electron chi connectivity index (χ0n) is 30.3. The summed E-state index contributed by atoms with van der Waals surface area (Å²) in [4.78, 5) is 0. The van der Waals surface area contributed by atoms with Gasteiger partial charge in [0.25, 0.3) is 0 Å². The quantitative estimate of drug-likeness (QED) is 0.181. The predicted octanol–water partition coefficient (Wildman–Crippen LogP) is 13.1. The predicted molar refractivity (Wildman–Crippen MR) is 209 cm³/mol. The Hall–Kier alpha value is -4.68. The van der Waals surface area contributed by atoms with Crippen LogP contribution in [0.1, 0.15) is 99.9 Å². The Labute approximate surface area is 292 Å². The van der Waals surface area contributed by atoms with Crippen LogP contribution >= 0.6 is 0 Å². The molecule has 3 aliphatic carbocycles. The molecule has 3 aliphatic rings. The topological polar surface area (TPSA) is 0 Å². The summed E-state index contributed by atoms with van der Waals surface area (Å²) in [5, 5.41) is 0. The molecule has 0 nitrogen and oxygen atoms in total. The van der Waals surface area contributed by atoms with Crippen LogP contribution in [0, 0.1) is 0 Å². The molecule has 0 radical (unpaired) electrons. The van der Waals surface area contributed by atoms with Crippen LogP contribution in [0.4, 0.5) is 0 Å². The van der Waals surface area contributed by atoms with Crippen molar-refractivity contribution >= 4 is 0 Å². The molecule has 0 N–H and O–H groups in total. The van der Waals surface area contributed by atoms with E-state index in [2.05, 4.69) is 165 Å². The number of benzene rings is 6. The molecule has 0 spiro atoms. The Balaban J connectivity index is 1.17. The second-order valence-electron chi connectivity index (χ2n) is 16.3. The lowest BCUT2D eigenvalue weighted by molar-refractivity contribution is 0.659. The summed E-state index contributed by atoms with van der Waals surface area (Å²) >= 11 is 0. The van der Waals surface area contributed by atoms with E-state index in [-0.39, 0.29) is 16.2 Å². The van der Waals surface area contributed by atoms with Crippen molar-refractivity contribution in [2.24, 2.45) is 0 Å². The molecule has 6 aromatic carbocycles.